The van der Waals surface area contributed by atoms with Crippen LogP contribution < -0.4 is 5.32 Å². The first kappa shape index (κ1) is 11.0. The van der Waals surface area contributed by atoms with Crippen molar-refractivity contribution < 1.29 is 9.90 Å². The standard InChI is InChI=1S/C11H12N2O2S/c14-10(15)7-16-9-3-1-8(2-4-9)11-12-5-6-13-11/h1-4H,5-7H2,(H,12,13)(H,14,15). The lowest BCUT2D eigenvalue weighted by Crippen LogP contribution is -2.19. The van der Waals surface area contributed by atoms with Crippen molar-refractivity contribution in [2.75, 3.05) is 18.8 Å². The van der Waals surface area contributed by atoms with Gasteiger partial charge in [-0.2, -0.15) is 0 Å². The summed E-state index contributed by atoms with van der Waals surface area (Å²) in [6.45, 7) is 1.72. The number of aliphatic carboxylic acids is 1. The van der Waals surface area contributed by atoms with E-state index in [9.17, 15) is 4.79 Å². The SMILES string of the molecule is O=C(O)CSc1ccc(C2=NCCN2)cc1. The van der Waals surface area contributed by atoms with Gasteiger partial charge in [0.2, 0.25) is 0 Å². The van der Waals surface area contributed by atoms with E-state index in [1.807, 2.05) is 24.3 Å². The van der Waals surface area contributed by atoms with Gasteiger partial charge in [0.15, 0.2) is 0 Å². The highest BCUT2D eigenvalue weighted by Crippen LogP contribution is 2.18. The third-order valence-corrected chi connectivity index (χ3v) is 3.16. The van der Waals surface area contributed by atoms with Crippen LogP contribution in [0.5, 0.6) is 0 Å². The van der Waals surface area contributed by atoms with Crippen LogP contribution in [0.4, 0.5) is 0 Å². The van der Waals surface area contributed by atoms with Gasteiger partial charge in [0, 0.05) is 17.0 Å². The molecule has 1 aromatic rings. The topological polar surface area (TPSA) is 61.7 Å². The van der Waals surface area contributed by atoms with Gasteiger partial charge >= 0.3 is 5.97 Å². The monoisotopic (exact) mass is 236 g/mol. The molecule has 2 N–H and O–H groups in total. The van der Waals surface area contributed by atoms with Gasteiger partial charge in [-0.05, 0) is 12.1 Å². The fourth-order valence-electron chi connectivity index (χ4n) is 1.45. The number of aliphatic imine (C=N–C) groups is 1. The molecular formula is C11H12N2O2S. The Balaban J connectivity index is 2.01. The molecule has 0 aromatic heterocycles. The molecule has 0 radical (unpaired) electrons. The van der Waals surface area contributed by atoms with Crippen LogP contribution in [-0.4, -0.2) is 35.8 Å². The highest BCUT2D eigenvalue weighted by molar-refractivity contribution is 8.00. The minimum Gasteiger partial charge on any atom is -0.481 e. The second kappa shape index (κ2) is 5.03. The molecule has 1 aliphatic rings. The third-order valence-electron chi connectivity index (χ3n) is 2.16. The molecule has 1 aromatic carbocycles. The van der Waals surface area contributed by atoms with Crippen molar-refractivity contribution in [1.29, 1.82) is 0 Å². The second-order valence-corrected chi connectivity index (χ2v) is 4.41. The molecule has 0 amide bonds. The van der Waals surface area contributed by atoms with Crippen molar-refractivity contribution >= 4 is 23.6 Å². The fourth-order valence-corrected chi connectivity index (χ4v) is 2.06. The molecule has 0 atom stereocenters. The van der Waals surface area contributed by atoms with Crippen molar-refractivity contribution in [2.24, 2.45) is 4.99 Å². The van der Waals surface area contributed by atoms with E-state index in [0.717, 1.165) is 29.4 Å². The Bertz CT molecular complexity index is 414. The molecule has 0 bridgehead atoms. The third kappa shape index (κ3) is 2.76. The zero-order valence-electron chi connectivity index (χ0n) is 8.64. The van der Waals surface area contributed by atoms with Crippen LogP contribution in [0, 0.1) is 0 Å². The minimum absolute atomic E-state index is 0.0958. The normalized spacial score (nSPS) is 14.4. The van der Waals surface area contributed by atoms with Crippen molar-refractivity contribution in [3.63, 3.8) is 0 Å². The van der Waals surface area contributed by atoms with Gasteiger partial charge in [-0.3, -0.25) is 9.79 Å². The quantitative estimate of drug-likeness (QED) is 0.771. The van der Waals surface area contributed by atoms with E-state index in [-0.39, 0.29) is 5.75 Å². The molecule has 0 unspecified atom stereocenters. The lowest BCUT2D eigenvalue weighted by atomic mass is 10.2. The first-order chi connectivity index (χ1) is 7.75. The minimum atomic E-state index is -0.795. The van der Waals surface area contributed by atoms with Crippen LogP contribution in [0.2, 0.25) is 0 Å². The molecule has 1 heterocycles. The number of carboxylic acids is 1. The van der Waals surface area contributed by atoms with E-state index in [4.69, 9.17) is 5.11 Å². The molecular weight excluding hydrogens is 224 g/mol. The van der Waals surface area contributed by atoms with Crippen LogP contribution in [0.25, 0.3) is 0 Å². The lowest BCUT2D eigenvalue weighted by molar-refractivity contribution is -0.133. The van der Waals surface area contributed by atoms with E-state index in [1.165, 1.54) is 11.8 Å². The van der Waals surface area contributed by atoms with Gasteiger partial charge in [-0.1, -0.05) is 12.1 Å². The molecule has 84 valence electrons. The predicted octanol–water partition coefficient (Wildman–Crippen LogP) is 1.21. The zero-order chi connectivity index (χ0) is 11.4. The summed E-state index contributed by atoms with van der Waals surface area (Å²) in [7, 11) is 0. The number of carbonyl (C=O) groups is 1. The van der Waals surface area contributed by atoms with E-state index in [0.29, 0.717) is 0 Å². The number of amidine groups is 1. The number of carboxylic acid groups (broad SMARTS) is 1. The van der Waals surface area contributed by atoms with Crippen molar-refractivity contribution in [3.05, 3.63) is 29.8 Å². The molecule has 16 heavy (non-hydrogen) atoms. The first-order valence-corrected chi connectivity index (χ1v) is 5.97. The van der Waals surface area contributed by atoms with Gasteiger partial charge in [-0.15, -0.1) is 11.8 Å². The molecule has 5 heteroatoms. The summed E-state index contributed by atoms with van der Waals surface area (Å²) >= 11 is 1.32. The van der Waals surface area contributed by atoms with Gasteiger partial charge in [-0.25, -0.2) is 0 Å². The number of benzene rings is 1. The van der Waals surface area contributed by atoms with E-state index >= 15 is 0 Å². The maximum atomic E-state index is 10.4. The van der Waals surface area contributed by atoms with Crippen LogP contribution in [0.1, 0.15) is 5.56 Å². The van der Waals surface area contributed by atoms with Gasteiger partial charge in [0.1, 0.15) is 5.84 Å². The number of rotatable bonds is 4. The summed E-state index contributed by atoms with van der Waals surface area (Å²) in [5, 5.41) is 11.7. The summed E-state index contributed by atoms with van der Waals surface area (Å²) < 4.78 is 0. The molecule has 2 rings (SSSR count). The van der Waals surface area contributed by atoms with E-state index < -0.39 is 5.97 Å². The van der Waals surface area contributed by atoms with Gasteiger partial charge in [0.25, 0.3) is 0 Å². The molecule has 0 spiro atoms. The summed E-state index contributed by atoms with van der Waals surface area (Å²) in [5.41, 5.74) is 1.05. The van der Waals surface area contributed by atoms with Gasteiger partial charge in [0.05, 0.1) is 12.3 Å². The smallest absolute Gasteiger partial charge is 0.313 e. The maximum Gasteiger partial charge on any atom is 0.313 e. The Morgan fingerprint density at radius 1 is 1.44 bits per heavy atom. The Kier molecular flexibility index (Phi) is 3.46. The van der Waals surface area contributed by atoms with Crippen LogP contribution in [0.15, 0.2) is 34.2 Å². The Morgan fingerprint density at radius 2 is 2.19 bits per heavy atom. The van der Waals surface area contributed by atoms with Gasteiger partial charge < -0.3 is 10.4 Å². The van der Waals surface area contributed by atoms with Crippen molar-refractivity contribution in [2.45, 2.75) is 4.90 Å². The molecule has 0 saturated heterocycles. The highest BCUT2D eigenvalue weighted by Gasteiger charge is 2.07. The lowest BCUT2D eigenvalue weighted by Gasteiger charge is -2.03. The predicted molar refractivity (Wildman–Crippen MR) is 64.2 cm³/mol. The number of nitrogens with zero attached hydrogens (tertiary/aromatic N) is 1. The molecule has 0 saturated carbocycles. The van der Waals surface area contributed by atoms with E-state index in [1.54, 1.807) is 0 Å². The van der Waals surface area contributed by atoms with Crippen molar-refractivity contribution in [1.82, 2.24) is 5.32 Å². The fraction of sp³-hybridized carbons (Fsp3) is 0.273. The van der Waals surface area contributed by atoms with Crippen LogP contribution in [-0.2, 0) is 4.79 Å². The molecule has 0 aliphatic carbocycles. The number of thioether (sulfide) groups is 1. The summed E-state index contributed by atoms with van der Waals surface area (Å²) in [6, 6.07) is 7.76. The summed E-state index contributed by atoms with van der Waals surface area (Å²) in [6.07, 6.45) is 0. The molecule has 0 fully saturated rings. The Morgan fingerprint density at radius 3 is 2.75 bits per heavy atom. The zero-order valence-corrected chi connectivity index (χ0v) is 9.46. The molecule has 4 nitrogen and oxygen atoms in total. The average molecular weight is 236 g/mol. The largest absolute Gasteiger partial charge is 0.481 e. The molecule has 1 aliphatic heterocycles. The van der Waals surface area contributed by atoms with Crippen molar-refractivity contribution in [3.8, 4) is 0 Å². The summed E-state index contributed by atoms with van der Waals surface area (Å²) in [4.78, 5) is 15.7. The maximum absolute atomic E-state index is 10.4. The number of hydrogen-bond acceptors (Lipinski definition) is 4. The first-order valence-electron chi connectivity index (χ1n) is 4.99. The Hall–Kier alpha value is -1.49. The number of nitrogens with one attached hydrogen (secondary N) is 1. The second-order valence-electron chi connectivity index (χ2n) is 3.36. The van der Waals surface area contributed by atoms with Crippen LogP contribution >= 0.6 is 11.8 Å². The number of hydrogen-bond donors (Lipinski definition) is 2. The average Bonchev–Trinajstić information content (AvgIpc) is 2.80. The highest BCUT2D eigenvalue weighted by atomic mass is 32.2. The van der Waals surface area contributed by atoms with Crippen LogP contribution in [0.3, 0.4) is 0 Å². The Labute approximate surface area is 97.8 Å². The summed E-state index contributed by atoms with van der Waals surface area (Å²) in [5.74, 6) is 0.226. The van der Waals surface area contributed by atoms with E-state index in [2.05, 4.69) is 10.3 Å².